The highest BCUT2D eigenvalue weighted by Crippen LogP contribution is 2.20. The second-order valence-corrected chi connectivity index (χ2v) is 5.89. The number of nitrogens with one attached hydrogen (secondary N) is 1. The molecule has 114 valence electrons. The quantitative estimate of drug-likeness (QED) is 0.614. The van der Waals surface area contributed by atoms with Crippen LogP contribution in [0.1, 0.15) is 44.6 Å². The number of carbonyl (C=O) groups excluding carboxylic acids is 1. The van der Waals surface area contributed by atoms with E-state index in [2.05, 4.69) is 43.4 Å². The Bertz CT molecular complexity index is 476. The van der Waals surface area contributed by atoms with Gasteiger partial charge in [-0.2, -0.15) is 0 Å². The van der Waals surface area contributed by atoms with E-state index in [1.165, 1.54) is 5.56 Å². The highest BCUT2D eigenvalue weighted by Gasteiger charge is 2.13. The second-order valence-electron chi connectivity index (χ2n) is 5.89. The first-order chi connectivity index (χ1) is 10.1. The number of ether oxygens (including phenoxy) is 1. The van der Waals surface area contributed by atoms with Crippen LogP contribution in [0, 0.1) is 5.92 Å². The lowest BCUT2D eigenvalue weighted by Crippen LogP contribution is -2.29. The Hall–Kier alpha value is -1.77. The molecule has 2 rings (SSSR count). The van der Waals surface area contributed by atoms with Crippen LogP contribution in [0.3, 0.4) is 0 Å². The van der Waals surface area contributed by atoms with Crippen molar-refractivity contribution in [1.82, 2.24) is 5.32 Å². The fraction of sp³-hybridized carbons (Fsp3) is 0.500. The molecule has 3 nitrogen and oxygen atoms in total. The molecular weight excluding hydrogens is 262 g/mol. The van der Waals surface area contributed by atoms with Gasteiger partial charge in [-0.15, -0.1) is 0 Å². The zero-order valence-corrected chi connectivity index (χ0v) is 13.0. The van der Waals surface area contributed by atoms with E-state index >= 15 is 0 Å². The van der Waals surface area contributed by atoms with Crippen LogP contribution in [-0.4, -0.2) is 19.1 Å². The Morgan fingerprint density at radius 3 is 2.71 bits per heavy atom. The summed E-state index contributed by atoms with van der Waals surface area (Å²) in [6, 6.07) is 8.15. The molecule has 1 N–H and O–H groups in total. The Morgan fingerprint density at radius 2 is 2.10 bits per heavy atom. The molecule has 0 unspecified atom stereocenters. The van der Waals surface area contributed by atoms with Gasteiger partial charge in [-0.3, -0.25) is 4.79 Å². The van der Waals surface area contributed by atoms with E-state index in [4.69, 9.17) is 4.74 Å². The van der Waals surface area contributed by atoms with Crippen LogP contribution in [0.2, 0.25) is 0 Å². The molecule has 0 saturated heterocycles. The van der Waals surface area contributed by atoms with Gasteiger partial charge in [0.15, 0.2) is 0 Å². The van der Waals surface area contributed by atoms with Crippen molar-refractivity contribution >= 4 is 5.91 Å². The maximum Gasteiger partial charge on any atom is 0.220 e. The Balaban J connectivity index is 1.62. The van der Waals surface area contributed by atoms with Gasteiger partial charge in [0.05, 0.1) is 6.54 Å². The van der Waals surface area contributed by atoms with Crippen LogP contribution < -0.4 is 10.1 Å². The van der Waals surface area contributed by atoms with Crippen molar-refractivity contribution in [2.75, 3.05) is 13.2 Å². The van der Waals surface area contributed by atoms with Crippen LogP contribution >= 0.6 is 0 Å². The number of hydrogen-bond acceptors (Lipinski definition) is 2. The predicted molar refractivity (Wildman–Crippen MR) is 85.5 cm³/mol. The highest BCUT2D eigenvalue weighted by molar-refractivity contribution is 5.76. The topological polar surface area (TPSA) is 38.3 Å². The standard InChI is InChI=1S/C18H25NO2/c1-14(2)16-7-9-17(10-8-16)21-12-11-19-18(20)13-15-5-3-4-6-15/h3,5,7-10,14-15H,4,6,11-13H2,1-2H3,(H,19,20)/t15-/m1/s1. The maximum atomic E-state index is 11.7. The molecule has 1 aromatic rings. The van der Waals surface area contributed by atoms with Crippen molar-refractivity contribution in [2.24, 2.45) is 5.92 Å². The van der Waals surface area contributed by atoms with E-state index in [0.29, 0.717) is 31.4 Å². The first-order valence-electron chi connectivity index (χ1n) is 7.81. The minimum absolute atomic E-state index is 0.116. The molecule has 0 aliphatic heterocycles. The van der Waals surface area contributed by atoms with Crippen LogP contribution in [0.4, 0.5) is 0 Å². The zero-order chi connectivity index (χ0) is 15.1. The van der Waals surface area contributed by atoms with Gasteiger partial charge in [0.2, 0.25) is 5.91 Å². The van der Waals surface area contributed by atoms with Gasteiger partial charge in [-0.05, 0) is 42.4 Å². The summed E-state index contributed by atoms with van der Waals surface area (Å²) in [6.07, 6.45) is 7.10. The van der Waals surface area contributed by atoms with Crippen molar-refractivity contribution < 1.29 is 9.53 Å². The van der Waals surface area contributed by atoms with Crippen LogP contribution in [-0.2, 0) is 4.79 Å². The van der Waals surface area contributed by atoms with Gasteiger partial charge >= 0.3 is 0 Å². The molecule has 0 fully saturated rings. The van der Waals surface area contributed by atoms with E-state index in [9.17, 15) is 4.79 Å². The molecule has 1 amide bonds. The number of rotatable bonds is 7. The van der Waals surface area contributed by atoms with E-state index in [1.807, 2.05) is 12.1 Å². The van der Waals surface area contributed by atoms with Gasteiger partial charge in [0, 0.05) is 6.42 Å². The van der Waals surface area contributed by atoms with E-state index < -0.39 is 0 Å². The Kier molecular flexibility index (Phi) is 5.85. The van der Waals surface area contributed by atoms with Gasteiger partial charge < -0.3 is 10.1 Å². The van der Waals surface area contributed by atoms with E-state index in [0.717, 1.165) is 18.6 Å². The minimum atomic E-state index is 0.116. The van der Waals surface area contributed by atoms with Crippen molar-refractivity contribution in [1.29, 1.82) is 0 Å². The minimum Gasteiger partial charge on any atom is -0.492 e. The van der Waals surface area contributed by atoms with Gasteiger partial charge in [0.1, 0.15) is 12.4 Å². The maximum absolute atomic E-state index is 11.7. The molecule has 1 aliphatic carbocycles. The fourth-order valence-electron chi connectivity index (χ4n) is 2.48. The average molecular weight is 287 g/mol. The number of allylic oxidation sites excluding steroid dienone is 2. The average Bonchev–Trinajstić information content (AvgIpc) is 2.97. The lowest BCUT2D eigenvalue weighted by atomic mass is 10.0. The summed E-state index contributed by atoms with van der Waals surface area (Å²) < 4.78 is 5.63. The summed E-state index contributed by atoms with van der Waals surface area (Å²) in [5.41, 5.74) is 1.31. The number of hydrogen-bond donors (Lipinski definition) is 1. The fourth-order valence-corrected chi connectivity index (χ4v) is 2.48. The molecule has 1 aromatic carbocycles. The van der Waals surface area contributed by atoms with E-state index in [1.54, 1.807) is 0 Å². The summed E-state index contributed by atoms with van der Waals surface area (Å²) >= 11 is 0. The predicted octanol–water partition coefficient (Wildman–Crippen LogP) is 3.66. The molecule has 0 bridgehead atoms. The monoisotopic (exact) mass is 287 g/mol. The van der Waals surface area contributed by atoms with Crippen molar-refractivity contribution in [3.05, 3.63) is 42.0 Å². The van der Waals surface area contributed by atoms with Gasteiger partial charge in [-0.1, -0.05) is 38.1 Å². The van der Waals surface area contributed by atoms with Crippen molar-refractivity contribution in [2.45, 2.75) is 39.0 Å². The molecule has 0 saturated carbocycles. The number of carbonyl (C=O) groups is 1. The molecule has 3 heteroatoms. The molecular formula is C18H25NO2. The molecule has 1 aliphatic rings. The van der Waals surface area contributed by atoms with Crippen LogP contribution in [0.15, 0.2) is 36.4 Å². The Labute approximate surface area is 127 Å². The normalized spacial score (nSPS) is 17.2. The van der Waals surface area contributed by atoms with Gasteiger partial charge in [0.25, 0.3) is 0 Å². The van der Waals surface area contributed by atoms with Crippen LogP contribution in [0.5, 0.6) is 5.75 Å². The number of benzene rings is 1. The first kappa shape index (κ1) is 15.6. The summed E-state index contributed by atoms with van der Waals surface area (Å²) in [5.74, 6) is 1.93. The smallest absolute Gasteiger partial charge is 0.220 e. The lowest BCUT2D eigenvalue weighted by molar-refractivity contribution is -0.121. The second kappa shape index (κ2) is 7.87. The third-order valence-corrected chi connectivity index (χ3v) is 3.80. The Morgan fingerprint density at radius 1 is 1.33 bits per heavy atom. The number of amides is 1. The van der Waals surface area contributed by atoms with Gasteiger partial charge in [-0.25, -0.2) is 0 Å². The van der Waals surface area contributed by atoms with Crippen LogP contribution in [0.25, 0.3) is 0 Å². The molecule has 0 aromatic heterocycles. The molecule has 1 atom stereocenters. The molecule has 21 heavy (non-hydrogen) atoms. The van der Waals surface area contributed by atoms with Crippen molar-refractivity contribution in [3.63, 3.8) is 0 Å². The summed E-state index contributed by atoms with van der Waals surface area (Å²) in [5, 5.41) is 2.91. The lowest BCUT2D eigenvalue weighted by Gasteiger charge is -2.11. The third-order valence-electron chi connectivity index (χ3n) is 3.80. The summed E-state index contributed by atoms with van der Waals surface area (Å²) in [7, 11) is 0. The molecule has 0 spiro atoms. The molecule has 0 heterocycles. The summed E-state index contributed by atoms with van der Waals surface area (Å²) in [4.78, 5) is 11.7. The third kappa shape index (κ3) is 5.25. The summed E-state index contributed by atoms with van der Waals surface area (Å²) in [6.45, 7) is 5.41. The highest BCUT2D eigenvalue weighted by atomic mass is 16.5. The SMILES string of the molecule is CC(C)c1ccc(OCCNC(=O)C[C@@H]2C=CCC2)cc1. The molecule has 0 radical (unpaired) electrons. The first-order valence-corrected chi connectivity index (χ1v) is 7.81. The zero-order valence-electron chi connectivity index (χ0n) is 13.0. The van der Waals surface area contributed by atoms with E-state index in [-0.39, 0.29) is 5.91 Å². The van der Waals surface area contributed by atoms with Crippen molar-refractivity contribution in [3.8, 4) is 5.75 Å². The largest absolute Gasteiger partial charge is 0.492 e.